The number of aromatic nitrogens is 1. The molecule has 21 heavy (non-hydrogen) atoms. The van der Waals surface area contributed by atoms with Crippen molar-refractivity contribution in [2.45, 2.75) is 26.7 Å². The molecular formula is C15H21N3O3. The zero-order valence-corrected chi connectivity index (χ0v) is 12.4. The summed E-state index contributed by atoms with van der Waals surface area (Å²) in [6, 6.07) is 1.76. The van der Waals surface area contributed by atoms with E-state index in [-0.39, 0.29) is 12.6 Å². The van der Waals surface area contributed by atoms with E-state index in [1.54, 1.807) is 24.2 Å². The molecule has 1 fully saturated rings. The van der Waals surface area contributed by atoms with Crippen LogP contribution in [0.4, 0.5) is 4.79 Å². The number of urea groups is 1. The molecule has 1 saturated heterocycles. The van der Waals surface area contributed by atoms with E-state index in [2.05, 4.69) is 10.3 Å². The van der Waals surface area contributed by atoms with Crippen molar-refractivity contribution in [1.82, 2.24) is 15.2 Å². The number of nitrogens with zero attached hydrogens (tertiary/aromatic N) is 2. The molecule has 0 spiro atoms. The van der Waals surface area contributed by atoms with Gasteiger partial charge in [0.25, 0.3) is 0 Å². The molecule has 6 heteroatoms. The number of aliphatic carboxylic acids is 1. The van der Waals surface area contributed by atoms with E-state index in [9.17, 15) is 9.59 Å². The number of aryl methyl sites for hydroxylation is 1. The minimum Gasteiger partial charge on any atom is -0.481 e. The molecule has 2 amide bonds. The van der Waals surface area contributed by atoms with E-state index < -0.39 is 11.4 Å². The second kappa shape index (κ2) is 6.11. The number of carboxylic acids is 1. The first kappa shape index (κ1) is 15.3. The number of carbonyl (C=O) groups is 2. The summed E-state index contributed by atoms with van der Waals surface area (Å²) in [5.41, 5.74) is 1.44. The maximum Gasteiger partial charge on any atom is 0.317 e. The Hall–Kier alpha value is -2.11. The molecule has 1 aliphatic rings. The standard InChI is InChI=1S/C15H21N3O3/c1-11-9-16-6-3-12(11)4-7-17-14(21)18-8-5-15(2,10-18)13(19)20/h3,6,9H,4-5,7-8,10H2,1-2H3,(H,17,21)(H,19,20). The van der Waals surface area contributed by atoms with Gasteiger partial charge in [0.15, 0.2) is 0 Å². The second-order valence-corrected chi connectivity index (χ2v) is 5.82. The van der Waals surface area contributed by atoms with Gasteiger partial charge in [-0.25, -0.2) is 4.79 Å². The summed E-state index contributed by atoms with van der Waals surface area (Å²) in [6.45, 7) is 4.96. The number of pyridine rings is 1. The van der Waals surface area contributed by atoms with Crippen molar-refractivity contribution in [1.29, 1.82) is 0 Å². The number of amides is 2. The van der Waals surface area contributed by atoms with Crippen LogP contribution in [0.2, 0.25) is 0 Å². The summed E-state index contributed by atoms with van der Waals surface area (Å²) in [5, 5.41) is 12.0. The molecule has 1 atom stereocenters. The van der Waals surface area contributed by atoms with E-state index >= 15 is 0 Å². The number of hydrogen-bond acceptors (Lipinski definition) is 3. The number of nitrogens with one attached hydrogen (secondary N) is 1. The SMILES string of the molecule is Cc1cnccc1CCNC(=O)N1CCC(C)(C(=O)O)C1. The lowest BCUT2D eigenvalue weighted by molar-refractivity contribution is -0.146. The molecule has 2 N–H and O–H groups in total. The van der Waals surface area contributed by atoms with Crippen molar-refractivity contribution in [2.75, 3.05) is 19.6 Å². The Kier molecular flexibility index (Phi) is 4.45. The van der Waals surface area contributed by atoms with Gasteiger partial charge in [-0.15, -0.1) is 0 Å². The smallest absolute Gasteiger partial charge is 0.317 e. The lowest BCUT2D eigenvalue weighted by Crippen LogP contribution is -2.41. The average molecular weight is 291 g/mol. The van der Waals surface area contributed by atoms with Crippen LogP contribution in [0.3, 0.4) is 0 Å². The van der Waals surface area contributed by atoms with Crippen LogP contribution in [-0.4, -0.2) is 46.6 Å². The first-order valence-electron chi connectivity index (χ1n) is 7.08. The highest BCUT2D eigenvalue weighted by molar-refractivity contribution is 5.79. The predicted octanol–water partition coefficient (Wildman–Crippen LogP) is 1.44. The molecule has 1 aliphatic heterocycles. The topological polar surface area (TPSA) is 82.5 Å². The molecule has 0 radical (unpaired) electrons. The van der Waals surface area contributed by atoms with Crippen LogP contribution in [0.5, 0.6) is 0 Å². The molecule has 0 aromatic carbocycles. The van der Waals surface area contributed by atoms with Crippen molar-refractivity contribution >= 4 is 12.0 Å². The summed E-state index contributed by atoms with van der Waals surface area (Å²) in [5.74, 6) is -0.842. The minimum atomic E-state index is -0.842. The number of likely N-dealkylation sites (tertiary alicyclic amines) is 1. The van der Waals surface area contributed by atoms with Crippen LogP contribution in [0.1, 0.15) is 24.5 Å². The number of rotatable bonds is 4. The van der Waals surface area contributed by atoms with Crippen LogP contribution < -0.4 is 5.32 Å². The lowest BCUT2D eigenvalue weighted by Gasteiger charge is -2.20. The molecule has 2 heterocycles. The second-order valence-electron chi connectivity index (χ2n) is 5.82. The minimum absolute atomic E-state index is 0.188. The Morgan fingerprint density at radius 3 is 2.90 bits per heavy atom. The van der Waals surface area contributed by atoms with Gasteiger partial charge in [-0.05, 0) is 43.9 Å². The van der Waals surface area contributed by atoms with E-state index in [1.165, 1.54) is 0 Å². The normalized spacial score (nSPS) is 21.3. The lowest BCUT2D eigenvalue weighted by atomic mass is 9.90. The fraction of sp³-hybridized carbons (Fsp3) is 0.533. The van der Waals surface area contributed by atoms with Crippen LogP contribution in [0.25, 0.3) is 0 Å². The van der Waals surface area contributed by atoms with Gasteiger partial charge in [0.1, 0.15) is 0 Å². The average Bonchev–Trinajstić information content (AvgIpc) is 2.85. The van der Waals surface area contributed by atoms with Crippen LogP contribution in [0.15, 0.2) is 18.5 Å². The molecule has 0 saturated carbocycles. The highest BCUT2D eigenvalue weighted by Crippen LogP contribution is 2.29. The maximum absolute atomic E-state index is 12.0. The monoisotopic (exact) mass is 291 g/mol. The van der Waals surface area contributed by atoms with E-state index in [4.69, 9.17) is 5.11 Å². The highest BCUT2D eigenvalue weighted by atomic mass is 16.4. The van der Waals surface area contributed by atoms with Gasteiger partial charge < -0.3 is 15.3 Å². The van der Waals surface area contributed by atoms with Gasteiger partial charge in [-0.2, -0.15) is 0 Å². The van der Waals surface area contributed by atoms with Gasteiger partial charge in [0.2, 0.25) is 0 Å². The summed E-state index contributed by atoms with van der Waals surface area (Å²) < 4.78 is 0. The highest BCUT2D eigenvalue weighted by Gasteiger charge is 2.42. The van der Waals surface area contributed by atoms with Gasteiger partial charge in [-0.3, -0.25) is 9.78 Å². The molecule has 0 aliphatic carbocycles. The van der Waals surface area contributed by atoms with Crippen LogP contribution in [-0.2, 0) is 11.2 Å². The van der Waals surface area contributed by atoms with Gasteiger partial charge in [-0.1, -0.05) is 0 Å². The van der Waals surface area contributed by atoms with Crippen LogP contribution >= 0.6 is 0 Å². The fourth-order valence-electron chi connectivity index (χ4n) is 2.51. The Balaban J connectivity index is 1.81. The Labute approximate surface area is 124 Å². The van der Waals surface area contributed by atoms with Crippen molar-refractivity contribution in [2.24, 2.45) is 5.41 Å². The fourth-order valence-corrected chi connectivity index (χ4v) is 2.51. The Morgan fingerprint density at radius 1 is 1.52 bits per heavy atom. The Bertz CT molecular complexity index is 547. The molecule has 2 rings (SSSR count). The molecule has 1 aromatic heterocycles. The van der Waals surface area contributed by atoms with Gasteiger partial charge >= 0.3 is 12.0 Å². The van der Waals surface area contributed by atoms with Crippen molar-refractivity contribution in [3.63, 3.8) is 0 Å². The number of carbonyl (C=O) groups excluding carboxylic acids is 1. The van der Waals surface area contributed by atoms with Crippen molar-refractivity contribution < 1.29 is 14.7 Å². The van der Waals surface area contributed by atoms with E-state index in [0.717, 1.165) is 17.5 Å². The molecule has 114 valence electrons. The number of hydrogen-bond donors (Lipinski definition) is 2. The summed E-state index contributed by atoms with van der Waals surface area (Å²) in [6.07, 6.45) is 4.78. The van der Waals surface area contributed by atoms with Crippen molar-refractivity contribution in [3.05, 3.63) is 29.6 Å². The zero-order chi connectivity index (χ0) is 15.5. The summed E-state index contributed by atoms with van der Waals surface area (Å²) in [4.78, 5) is 28.8. The third-order valence-corrected chi connectivity index (χ3v) is 4.08. The summed E-state index contributed by atoms with van der Waals surface area (Å²) in [7, 11) is 0. The van der Waals surface area contributed by atoms with Crippen molar-refractivity contribution in [3.8, 4) is 0 Å². The summed E-state index contributed by atoms with van der Waals surface area (Å²) >= 11 is 0. The largest absolute Gasteiger partial charge is 0.481 e. The van der Waals surface area contributed by atoms with Gasteiger partial charge in [0.05, 0.1) is 5.41 Å². The molecule has 6 nitrogen and oxygen atoms in total. The maximum atomic E-state index is 12.0. The van der Waals surface area contributed by atoms with E-state index in [0.29, 0.717) is 19.5 Å². The Morgan fingerprint density at radius 2 is 2.29 bits per heavy atom. The van der Waals surface area contributed by atoms with Gasteiger partial charge in [0, 0.05) is 32.0 Å². The molecule has 1 aromatic rings. The molecular weight excluding hydrogens is 270 g/mol. The predicted molar refractivity (Wildman–Crippen MR) is 78.0 cm³/mol. The quantitative estimate of drug-likeness (QED) is 0.879. The molecule has 1 unspecified atom stereocenters. The molecule has 0 bridgehead atoms. The third kappa shape index (κ3) is 3.51. The third-order valence-electron chi connectivity index (χ3n) is 4.08. The first-order valence-corrected chi connectivity index (χ1v) is 7.08. The van der Waals surface area contributed by atoms with E-state index in [1.807, 2.05) is 13.0 Å². The zero-order valence-electron chi connectivity index (χ0n) is 12.4. The first-order chi connectivity index (χ1) is 9.92. The number of carboxylic acid groups (broad SMARTS) is 1. The van der Waals surface area contributed by atoms with Crippen LogP contribution in [0, 0.1) is 12.3 Å².